The topological polar surface area (TPSA) is 0 Å². The van der Waals surface area contributed by atoms with E-state index in [0.717, 1.165) is 11.8 Å². The van der Waals surface area contributed by atoms with E-state index in [4.69, 9.17) is 0 Å². The van der Waals surface area contributed by atoms with Crippen LogP contribution in [0.15, 0.2) is 12.2 Å². The van der Waals surface area contributed by atoms with Crippen LogP contribution in [0.1, 0.15) is 61.8 Å². The lowest BCUT2D eigenvalue weighted by Crippen LogP contribution is -1.93. The average molecular weight is 212 g/mol. The highest BCUT2D eigenvalue weighted by Crippen LogP contribution is 2.08. The standard InChI is InChI=1S/C8H16.C7H16/c1-7(2)5-6-8(3)4;1-6(2)5-7(3)4/h5-8H,1-4H3;6-7H,5H2,1-4H3/b6-5-;. The van der Waals surface area contributed by atoms with Gasteiger partial charge in [0.2, 0.25) is 0 Å². The second-order valence-electron chi connectivity index (χ2n) is 5.90. The fourth-order valence-corrected chi connectivity index (χ4v) is 1.39. The Morgan fingerprint density at radius 1 is 0.600 bits per heavy atom. The van der Waals surface area contributed by atoms with Gasteiger partial charge in [-0.1, -0.05) is 67.5 Å². The molecule has 15 heavy (non-hydrogen) atoms. The molecule has 0 aromatic carbocycles. The minimum absolute atomic E-state index is 0.706. The molecule has 0 rings (SSSR count). The largest absolute Gasteiger partial charge is 0.0857 e. The molecular weight excluding hydrogens is 180 g/mol. The molecule has 0 saturated carbocycles. The van der Waals surface area contributed by atoms with Crippen molar-refractivity contribution in [1.29, 1.82) is 0 Å². The Kier molecular flexibility index (Phi) is 11.7. The molecule has 0 fully saturated rings. The van der Waals surface area contributed by atoms with Crippen LogP contribution >= 0.6 is 0 Å². The van der Waals surface area contributed by atoms with Gasteiger partial charge in [0, 0.05) is 0 Å². The molecule has 0 aliphatic carbocycles. The Morgan fingerprint density at radius 3 is 0.933 bits per heavy atom. The van der Waals surface area contributed by atoms with Gasteiger partial charge in [0.15, 0.2) is 0 Å². The highest BCUT2D eigenvalue weighted by Gasteiger charge is 1.95. The van der Waals surface area contributed by atoms with E-state index in [-0.39, 0.29) is 0 Å². The summed E-state index contributed by atoms with van der Waals surface area (Å²) >= 11 is 0. The first-order chi connectivity index (χ1) is 6.75. The summed E-state index contributed by atoms with van der Waals surface area (Å²) in [5, 5.41) is 0. The molecule has 0 aromatic heterocycles. The van der Waals surface area contributed by atoms with Crippen molar-refractivity contribution in [3.8, 4) is 0 Å². The van der Waals surface area contributed by atoms with Gasteiger partial charge in [-0.3, -0.25) is 0 Å². The first-order valence-corrected chi connectivity index (χ1v) is 6.44. The molecule has 0 spiro atoms. The second kappa shape index (κ2) is 10.3. The van der Waals surface area contributed by atoms with E-state index in [1.165, 1.54) is 6.42 Å². The number of rotatable bonds is 4. The molecule has 0 nitrogen and oxygen atoms in total. The molecule has 0 saturated heterocycles. The third-order valence-corrected chi connectivity index (χ3v) is 1.82. The fraction of sp³-hybridized carbons (Fsp3) is 0.867. The molecule has 0 aliphatic heterocycles. The van der Waals surface area contributed by atoms with Crippen LogP contribution in [-0.2, 0) is 0 Å². The Bertz CT molecular complexity index is 122. The lowest BCUT2D eigenvalue weighted by molar-refractivity contribution is 0.469. The lowest BCUT2D eigenvalue weighted by Gasteiger charge is -2.05. The normalized spacial score (nSPS) is 11.7. The van der Waals surface area contributed by atoms with Crippen LogP contribution in [0.2, 0.25) is 0 Å². The maximum atomic E-state index is 2.26. The number of hydrogen-bond donors (Lipinski definition) is 0. The van der Waals surface area contributed by atoms with Gasteiger partial charge in [0.1, 0.15) is 0 Å². The molecule has 0 unspecified atom stereocenters. The van der Waals surface area contributed by atoms with Gasteiger partial charge in [-0.2, -0.15) is 0 Å². The van der Waals surface area contributed by atoms with Gasteiger partial charge >= 0.3 is 0 Å². The third-order valence-electron chi connectivity index (χ3n) is 1.82. The van der Waals surface area contributed by atoms with E-state index in [9.17, 15) is 0 Å². The summed E-state index contributed by atoms with van der Waals surface area (Å²) in [6.45, 7) is 17.8. The first-order valence-electron chi connectivity index (χ1n) is 6.44. The SMILES string of the molecule is CC(C)/C=C\C(C)C.CC(C)CC(C)C. The van der Waals surface area contributed by atoms with E-state index < -0.39 is 0 Å². The van der Waals surface area contributed by atoms with E-state index >= 15 is 0 Å². The van der Waals surface area contributed by atoms with E-state index in [1.807, 2.05) is 0 Å². The summed E-state index contributed by atoms with van der Waals surface area (Å²) in [6, 6.07) is 0. The Morgan fingerprint density at radius 2 is 0.867 bits per heavy atom. The van der Waals surface area contributed by atoms with Crippen LogP contribution in [-0.4, -0.2) is 0 Å². The van der Waals surface area contributed by atoms with Gasteiger partial charge in [0.25, 0.3) is 0 Å². The third kappa shape index (κ3) is 24.8. The van der Waals surface area contributed by atoms with Crippen molar-refractivity contribution in [3.05, 3.63) is 12.2 Å². The zero-order valence-corrected chi connectivity index (χ0v) is 12.2. The molecule has 0 aliphatic rings. The minimum atomic E-state index is 0.706. The van der Waals surface area contributed by atoms with E-state index in [2.05, 4.69) is 67.5 Å². The van der Waals surface area contributed by atoms with Gasteiger partial charge in [0.05, 0.1) is 0 Å². The molecule has 0 N–H and O–H groups in total. The molecule has 0 atom stereocenters. The van der Waals surface area contributed by atoms with Crippen LogP contribution in [0.4, 0.5) is 0 Å². The van der Waals surface area contributed by atoms with E-state index in [1.54, 1.807) is 0 Å². The summed E-state index contributed by atoms with van der Waals surface area (Å²) in [7, 11) is 0. The van der Waals surface area contributed by atoms with Crippen LogP contribution < -0.4 is 0 Å². The molecule has 0 radical (unpaired) electrons. The van der Waals surface area contributed by atoms with Crippen molar-refractivity contribution in [3.63, 3.8) is 0 Å². The van der Waals surface area contributed by atoms with Crippen molar-refractivity contribution in [2.45, 2.75) is 61.8 Å². The minimum Gasteiger partial charge on any atom is -0.0857 e. The zero-order valence-electron chi connectivity index (χ0n) is 12.2. The second-order valence-corrected chi connectivity index (χ2v) is 5.90. The average Bonchev–Trinajstić information content (AvgIpc) is 1.99. The van der Waals surface area contributed by atoms with Crippen LogP contribution in [0.3, 0.4) is 0 Å². The van der Waals surface area contributed by atoms with Gasteiger partial charge < -0.3 is 0 Å². The molecule has 0 heterocycles. The molecular formula is C15H32. The fourth-order valence-electron chi connectivity index (χ4n) is 1.39. The zero-order chi connectivity index (χ0) is 12.4. The quantitative estimate of drug-likeness (QED) is 0.536. The van der Waals surface area contributed by atoms with Crippen molar-refractivity contribution < 1.29 is 0 Å². The number of hydrogen-bond acceptors (Lipinski definition) is 0. The van der Waals surface area contributed by atoms with Gasteiger partial charge in [-0.15, -0.1) is 0 Å². The van der Waals surface area contributed by atoms with Crippen LogP contribution in [0.25, 0.3) is 0 Å². The maximum absolute atomic E-state index is 2.26. The highest BCUT2D eigenvalue weighted by atomic mass is 14.0. The molecule has 0 bridgehead atoms. The van der Waals surface area contributed by atoms with Crippen molar-refractivity contribution in [2.24, 2.45) is 23.7 Å². The molecule has 0 heteroatoms. The first kappa shape index (κ1) is 17.1. The summed E-state index contributed by atoms with van der Waals surface area (Å²) in [4.78, 5) is 0. The lowest BCUT2D eigenvalue weighted by atomic mass is 10.0. The molecule has 0 amide bonds. The summed E-state index contributed by atoms with van der Waals surface area (Å²) in [6.07, 6.45) is 5.84. The van der Waals surface area contributed by atoms with Gasteiger partial charge in [-0.05, 0) is 30.1 Å². The Labute approximate surface area is 98.2 Å². The molecule has 0 aromatic rings. The monoisotopic (exact) mass is 212 g/mol. The van der Waals surface area contributed by atoms with Gasteiger partial charge in [-0.25, -0.2) is 0 Å². The predicted molar refractivity (Wildman–Crippen MR) is 73.1 cm³/mol. The van der Waals surface area contributed by atoms with Crippen molar-refractivity contribution in [1.82, 2.24) is 0 Å². The Balaban J connectivity index is 0. The van der Waals surface area contributed by atoms with Crippen LogP contribution in [0.5, 0.6) is 0 Å². The predicted octanol–water partition coefficient (Wildman–Crippen LogP) is 5.54. The smallest absolute Gasteiger partial charge is 0.0290 e. The van der Waals surface area contributed by atoms with Crippen molar-refractivity contribution in [2.75, 3.05) is 0 Å². The van der Waals surface area contributed by atoms with Crippen LogP contribution in [0, 0.1) is 23.7 Å². The summed E-state index contributed by atoms with van der Waals surface area (Å²) < 4.78 is 0. The number of allylic oxidation sites excluding steroid dienone is 2. The van der Waals surface area contributed by atoms with Crippen molar-refractivity contribution >= 4 is 0 Å². The summed E-state index contributed by atoms with van der Waals surface area (Å²) in [5.74, 6) is 3.16. The molecule has 92 valence electrons. The maximum Gasteiger partial charge on any atom is -0.0290 e. The Hall–Kier alpha value is -0.260. The van der Waals surface area contributed by atoms with E-state index in [0.29, 0.717) is 11.8 Å². The summed E-state index contributed by atoms with van der Waals surface area (Å²) in [5.41, 5.74) is 0. The highest BCUT2D eigenvalue weighted by molar-refractivity contribution is 4.86.